The highest BCUT2D eigenvalue weighted by Crippen LogP contribution is 2.34. The number of hydrogen-bond donors (Lipinski definition) is 1. The van der Waals surface area contributed by atoms with Gasteiger partial charge in [0.05, 0.1) is 5.60 Å². The quantitative estimate of drug-likeness (QED) is 0.911. The average molecular weight is 269 g/mol. The predicted octanol–water partition coefficient (Wildman–Crippen LogP) is 3.05. The van der Waals surface area contributed by atoms with Gasteiger partial charge in [-0.05, 0) is 57.0 Å². The summed E-state index contributed by atoms with van der Waals surface area (Å²) in [5.41, 5.74) is -1.14. The Hall–Kier alpha value is -1.00. The highest BCUT2D eigenvalue weighted by atomic mass is 19.1. The summed E-state index contributed by atoms with van der Waals surface area (Å²) in [5.74, 6) is -1.02. The monoisotopic (exact) mass is 269 g/mol. The van der Waals surface area contributed by atoms with E-state index in [1.807, 2.05) is 0 Å². The first-order chi connectivity index (χ1) is 9.05. The third kappa shape index (κ3) is 3.31. The largest absolute Gasteiger partial charge is 0.385 e. The van der Waals surface area contributed by atoms with Crippen molar-refractivity contribution in [2.75, 3.05) is 19.6 Å². The van der Waals surface area contributed by atoms with Crippen molar-refractivity contribution in [1.82, 2.24) is 4.90 Å². The van der Waals surface area contributed by atoms with Crippen molar-refractivity contribution in [3.05, 3.63) is 35.4 Å². The maximum absolute atomic E-state index is 13.8. The zero-order chi connectivity index (χ0) is 13.9. The first kappa shape index (κ1) is 14.4. The van der Waals surface area contributed by atoms with Crippen molar-refractivity contribution in [2.45, 2.75) is 38.2 Å². The Bertz CT molecular complexity index is 438. The predicted molar refractivity (Wildman–Crippen MR) is 70.8 cm³/mol. The van der Waals surface area contributed by atoms with Crippen molar-refractivity contribution < 1.29 is 13.9 Å². The van der Waals surface area contributed by atoms with E-state index in [-0.39, 0.29) is 5.56 Å². The summed E-state index contributed by atoms with van der Waals surface area (Å²) in [6, 6.07) is 3.31. The second kappa shape index (κ2) is 5.97. The van der Waals surface area contributed by atoms with Gasteiger partial charge in [-0.15, -0.1) is 0 Å². The number of nitrogens with zero attached hydrogens (tertiary/aromatic N) is 1. The van der Waals surface area contributed by atoms with Crippen molar-refractivity contribution in [3.63, 3.8) is 0 Å². The first-order valence-corrected chi connectivity index (χ1v) is 6.95. The molecule has 0 amide bonds. The Balaban J connectivity index is 2.20. The molecule has 1 aromatic carbocycles. The van der Waals surface area contributed by atoms with Gasteiger partial charge >= 0.3 is 0 Å². The standard InChI is InChI=1S/C15H21F2NO/c1-2-8-18-9-3-6-15(19,7-10-18)13-11-12(16)4-5-14(13)17/h4-5,11,19H,2-3,6-10H2,1H3. The van der Waals surface area contributed by atoms with E-state index in [4.69, 9.17) is 0 Å². The Kier molecular flexibility index (Phi) is 4.53. The smallest absolute Gasteiger partial charge is 0.129 e. The van der Waals surface area contributed by atoms with Gasteiger partial charge in [0.25, 0.3) is 0 Å². The molecule has 0 bridgehead atoms. The maximum atomic E-state index is 13.8. The van der Waals surface area contributed by atoms with Gasteiger partial charge in [0.15, 0.2) is 0 Å². The number of benzene rings is 1. The van der Waals surface area contributed by atoms with E-state index in [0.29, 0.717) is 12.8 Å². The number of rotatable bonds is 3. The second-order valence-electron chi connectivity index (χ2n) is 5.35. The average Bonchev–Trinajstić information content (AvgIpc) is 2.56. The fourth-order valence-electron chi connectivity index (χ4n) is 2.84. The van der Waals surface area contributed by atoms with E-state index < -0.39 is 17.2 Å². The van der Waals surface area contributed by atoms with Gasteiger partial charge < -0.3 is 10.0 Å². The van der Waals surface area contributed by atoms with Crippen LogP contribution >= 0.6 is 0 Å². The Morgan fingerprint density at radius 1 is 1.26 bits per heavy atom. The fourth-order valence-corrected chi connectivity index (χ4v) is 2.84. The minimum absolute atomic E-state index is 0.103. The van der Waals surface area contributed by atoms with Crippen molar-refractivity contribution >= 4 is 0 Å². The van der Waals surface area contributed by atoms with Crippen molar-refractivity contribution in [2.24, 2.45) is 0 Å². The van der Waals surface area contributed by atoms with Crippen LogP contribution in [0.3, 0.4) is 0 Å². The molecule has 2 nitrogen and oxygen atoms in total. The number of aliphatic hydroxyl groups is 1. The van der Waals surface area contributed by atoms with Gasteiger partial charge in [-0.1, -0.05) is 6.92 Å². The van der Waals surface area contributed by atoms with Gasteiger partial charge in [0.1, 0.15) is 11.6 Å². The summed E-state index contributed by atoms with van der Waals surface area (Å²) in [4.78, 5) is 2.27. The van der Waals surface area contributed by atoms with Crippen molar-refractivity contribution in [1.29, 1.82) is 0 Å². The van der Waals surface area contributed by atoms with Crippen LogP contribution in [-0.2, 0) is 5.60 Å². The molecule has 1 fully saturated rings. The molecule has 0 aromatic heterocycles. The molecule has 4 heteroatoms. The Morgan fingerprint density at radius 3 is 2.79 bits per heavy atom. The van der Waals surface area contributed by atoms with Crippen LogP contribution in [0.1, 0.15) is 38.2 Å². The van der Waals surface area contributed by atoms with E-state index >= 15 is 0 Å². The lowest BCUT2D eigenvalue weighted by molar-refractivity contribution is 0.0175. The van der Waals surface area contributed by atoms with E-state index in [9.17, 15) is 13.9 Å². The van der Waals surface area contributed by atoms with E-state index in [1.165, 1.54) is 0 Å². The van der Waals surface area contributed by atoms with Crippen LogP contribution < -0.4 is 0 Å². The summed E-state index contributed by atoms with van der Waals surface area (Å²) in [5, 5.41) is 10.7. The summed E-state index contributed by atoms with van der Waals surface area (Å²) in [7, 11) is 0. The highest BCUT2D eigenvalue weighted by Gasteiger charge is 2.34. The zero-order valence-corrected chi connectivity index (χ0v) is 11.3. The Morgan fingerprint density at radius 2 is 2.05 bits per heavy atom. The number of likely N-dealkylation sites (tertiary alicyclic amines) is 1. The lowest BCUT2D eigenvalue weighted by Crippen LogP contribution is -2.30. The molecule has 1 atom stereocenters. The molecule has 2 rings (SSSR count). The van der Waals surface area contributed by atoms with E-state index in [2.05, 4.69) is 11.8 Å². The van der Waals surface area contributed by atoms with Gasteiger partial charge in [0.2, 0.25) is 0 Å². The van der Waals surface area contributed by atoms with E-state index in [1.54, 1.807) is 0 Å². The van der Waals surface area contributed by atoms with Gasteiger partial charge in [-0.3, -0.25) is 0 Å². The normalized spacial score (nSPS) is 25.3. The molecule has 1 heterocycles. The van der Waals surface area contributed by atoms with Crippen molar-refractivity contribution in [3.8, 4) is 0 Å². The lowest BCUT2D eigenvalue weighted by Gasteiger charge is -2.28. The molecular weight excluding hydrogens is 248 g/mol. The molecule has 106 valence electrons. The molecule has 0 aliphatic carbocycles. The molecule has 1 aliphatic heterocycles. The number of hydrogen-bond acceptors (Lipinski definition) is 2. The minimum Gasteiger partial charge on any atom is -0.385 e. The molecule has 0 radical (unpaired) electrons. The lowest BCUT2D eigenvalue weighted by atomic mass is 9.86. The second-order valence-corrected chi connectivity index (χ2v) is 5.35. The van der Waals surface area contributed by atoms with Gasteiger partial charge in [0, 0.05) is 12.1 Å². The molecular formula is C15H21F2NO. The molecule has 1 aromatic rings. The molecule has 1 N–H and O–H groups in total. The van der Waals surface area contributed by atoms with Crippen LogP contribution in [0.15, 0.2) is 18.2 Å². The van der Waals surface area contributed by atoms with E-state index in [0.717, 1.165) is 50.7 Å². The minimum atomic E-state index is -1.24. The van der Waals surface area contributed by atoms with Crippen LogP contribution in [-0.4, -0.2) is 29.6 Å². The van der Waals surface area contributed by atoms with Gasteiger partial charge in [-0.25, -0.2) is 8.78 Å². The van der Waals surface area contributed by atoms with Crippen LogP contribution in [0.5, 0.6) is 0 Å². The fraction of sp³-hybridized carbons (Fsp3) is 0.600. The summed E-state index contributed by atoms with van der Waals surface area (Å²) < 4.78 is 27.1. The Labute approximate surface area is 113 Å². The molecule has 19 heavy (non-hydrogen) atoms. The summed E-state index contributed by atoms with van der Waals surface area (Å²) >= 11 is 0. The zero-order valence-electron chi connectivity index (χ0n) is 11.3. The molecule has 1 unspecified atom stereocenters. The molecule has 1 saturated heterocycles. The van der Waals surface area contributed by atoms with Crippen LogP contribution in [0.25, 0.3) is 0 Å². The third-order valence-electron chi connectivity index (χ3n) is 3.88. The third-order valence-corrected chi connectivity index (χ3v) is 3.88. The summed E-state index contributed by atoms with van der Waals surface area (Å²) in [6.07, 6.45) is 2.79. The molecule has 1 aliphatic rings. The highest BCUT2D eigenvalue weighted by molar-refractivity contribution is 5.25. The summed E-state index contributed by atoms with van der Waals surface area (Å²) in [6.45, 7) is 4.73. The molecule has 0 saturated carbocycles. The van der Waals surface area contributed by atoms with Crippen LogP contribution in [0, 0.1) is 11.6 Å². The van der Waals surface area contributed by atoms with Gasteiger partial charge in [-0.2, -0.15) is 0 Å². The number of halogens is 2. The maximum Gasteiger partial charge on any atom is 0.129 e. The van der Waals surface area contributed by atoms with Crippen LogP contribution in [0.2, 0.25) is 0 Å². The first-order valence-electron chi connectivity index (χ1n) is 6.95. The molecule has 0 spiro atoms. The SMILES string of the molecule is CCCN1CCCC(O)(c2cc(F)ccc2F)CC1. The topological polar surface area (TPSA) is 23.5 Å². The van der Waals surface area contributed by atoms with Crippen LogP contribution in [0.4, 0.5) is 8.78 Å².